The van der Waals surface area contributed by atoms with E-state index < -0.39 is 17.6 Å². The van der Waals surface area contributed by atoms with Gasteiger partial charge in [-0.15, -0.1) is 0 Å². The number of hydrogen-bond acceptors (Lipinski definition) is 2. The van der Waals surface area contributed by atoms with E-state index in [4.69, 9.17) is 0 Å². The fourth-order valence-corrected chi connectivity index (χ4v) is 2.38. The topological polar surface area (TPSA) is 29.1 Å². The number of piperidine rings is 1. The van der Waals surface area contributed by atoms with E-state index in [1.54, 1.807) is 0 Å². The quantitative estimate of drug-likeness (QED) is 0.682. The van der Waals surface area contributed by atoms with Gasteiger partial charge in [-0.05, 0) is 44.0 Å². The highest BCUT2D eigenvalue weighted by Crippen LogP contribution is 2.32. The van der Waals surface area contributed by atoms with Gasteiger partial charge in [0.2, 0.25) is 0 Å². The molecule has 1 fully saturated rings. The number of ketones is 1. The number of rotatable bonds is 3. The van der Waals surface area contributed by atoms with Crippen LogP contribution in [0.5, 0.6) is 0 Å². The van der Waals surface area contributed by atoms with Crippen LogP contribution in [-0.2, 0) is 6.18 Å². The molecule has 0 bridgehead atoms. The normalized spacial score (nSPS) is 17.2. The zero-order chi connectivity index (χ0) is 14.8. The van der Waals surface area contributed by atoms with Crippen molar-refractivity contribution < 1.29 is 22.4 Å². The lowest BCUT2D eigenvalue weighted by Crippen LogP contribution is -2.28. The molecule has 0 aliphatic carbocycles. The van der Waals surface area contributed by atoms with Gasteiger partial charge in [0.15, 0.2) is 5.78 Å². The van der Waals surface area contributed by atoms with Gasteiger partial charge in [0.05, 0.1) is 5.56 Å². The molecule has 2 rings (SSSR count). The summed E-state index contributed by atoms with van der Waals surface area (Å²) in [6, 6.07) is 2.37. The van der Waals surface area contributed by atoms with Gasteiger partial charge in [0.1, 0.15) is 5.82 Å². The Morgan fingerprint density at radius 2 is 1.90 bits per heavy atom. The number of nitrogens with one attached hydrogen (secondary N) is 1. The predicted molar refractivity (Wildman–Crippen MR) is 65.9 cm³/mol. The molecule has 0 amide bonds. The Balaban J connectivity index is 2.09. The average Bonchev–Trinajstić information content (AvgIpc) is 2.38. The Kier molecular flexibility index (Phi) is 4.42. The third-order valence-electron chi connectivity index (χ3n) is 3.53. The lowest BCUT2D eigenvalue weighted by Gasteiger charge is -2.21. The van der Waals surface area contributed by atoms with Crippen molar-refractivity contribution in [1.29, 1.82) is 0 Å². The molecule has 1 heterocycles. The molecule has 0 unspecified atom stereocenters. The number of benzene rings is 1. The molecule has 1 saturated heterocycles. The highest BCUT2D eigenvalue weighted by atomic mass is 19.4. The van der Waals surface area contributed by atoms with Crippen molar-refractivity contribution in [3.63, 3.8) is 0 Å². The summed E-state index contributed by atoms with van der Waals surface area (Å²) in [6.45, 7) is 1.67. The minimum atomic E-state index is -4.74. The first-order valence-corrected chi connectivity index (χ1v) is 6.48. The van der Waals surface area contributed by atoms with Gasteiger partial charge >= 0.3 is 6.18 Å². The van der Waals surface area contributed by atoms with E-state index in [1.165, 1.54) is 0 Å². The summed E-state index contributed by atoms with van der Waals surface area (Å²) in [4.78, 5) is 12.0. The fourth-order valence-electron chi connectivity index (χ4n) is 2.38. The zero-order valence-corrected chi connectivity index (χ0v) is 10.8. The molecule has 1 aliphatic heterocycles. The van der Waals surface area contributed by atoms with E-state index in [9.17, 15) is 22.4 Å². The maximum absolute atomic E-state index is 13.4. The molecule has 0 radical (unpaired) electrons. The zero-order valence-electron chi connectivity index (χ0n) is 10.8. The van der Waals surface area contributed by atoms with Crippen LogP contribution in [0.1, 0.15) is 35.2 Å². The molecule has 1 aliphatic rings. The van der Waals surface area contributed by atoms with E-state index in [0.29, 0.717) is 12.1 Å². The third kappa shape index (κ3) is 3.56. The molecule has 6 heteroatoms. The molecular weight excluding hydrogens is 274 g/mol. The molecule has 0 atom stereocenters. The molecule has 0 aromatic heterocycles. The van der Waals surface area contributed by atoms with E-state index in [2.05, 4.69) is 5.32 Å². The minimum Gasteiger partial charge on any atom is -0.317 e. The van der Waals surface area contributed by atoms with Gasteiger partial charge in [0.25, 0.3) is 0 Å². The number of carbonyl (C=O) groups is 1. The van der Waals surface area contributed by atoms with E-state index >= 15 is 0 Å². The van der Waals surface area contributed by atoms with Crippen molar-refractivity contribution >= 4 is 5.78 Å². The molecule has 1 aromatic carbocycles. The maximum Gasteiger partial charge on any atom is 0.419 e. The van der Waals surface area contributed by atoms with Crippen LogP contribution in [0.25, 0.3) is 0 Å². The summed E-state index contributed by atoms with van der Waals surface area (Å²) in [5, 5.41) is 3.16. The second-order valence-corrected chi connectivity index (χ2v) is 5.01. The first-order valence-electron chi connectivity index (χ1n) is 6.48. The monoisotopic (exact) mass is 289 g/mol. The number of Topliss-reactive ketones (excluding diaryl/α,β-unsaturated/α-hetero) is 1. The molecule has 0 spiro atoms. The Labute approximate surface area is 114 Å². The van der Waals surface area contributed by atoms with Crippen LogP contribution in [0.3, 0.4) is 0 Å². The fraction of sp³-hybridized carbons (Fsp3) is 0.500. The van der Waals surface area contributed by atoms with Crippen molar-refractivity contribution in [2.45, 2.75) is 25.4 Å². The molecule has 2 nitrogen and oxygen atoms in total. The van der Waals surface area contributed by atoms with Gasteiger partial charge in [0, 0.05) is 12.0 Å². The van der Waals surface area contributed by atoms with Crippen molar-refractivity contribution in [3.05, 3.63) is 35.1 Å². The SMILES string of the molecule is O=C(CC1CCNCC1)c1ccc(C(F)(F)F)c(F)c1. The number of carbonyl (C=O) groups excluding carboxylic acids is 1. The van der Waals surface area contributed by atoms with Gasteiger partial charge < -0.3 is 5.32 Å². The molecular formula is C14H15F4NO. The average molecular weight is 289 g/mol. The summed E-state index contributed by atoms with van der Waals surface area (Å²) in [6.07, 6.45) is -2.77. The van der Waals surface area contributed by atoms with Crippen LogP contribution in [-0.4, -0.2) is 18.9 Å². The summed E-state index contributed by atoms with van der Waals surface area (Å²) >= 11 is 0. The summed E-state index contributed by atoms with van der Waals surface area (Å²) in [5.41, 5.74) is -1.33. The minimum absolute atomic E-state index is 0.00836. The molecule has 1 N–H and O–H groups in total. The van der Waals surface area contributed by atoms with E-state index in [-0.39, 0.29) is 23.7 Å². The second kappa shape index (κ2) is 5.91. The molecule has 20 heavy (non-hydrogen) atoms. The summed E-state index contributed by atoms with van der Waals surface area (Å²) < 4.78 is 50.7. The Hall–Kier alpha value is -1.43. The smallest absolute Gasteiger partial charge is 0.317 e. The Morgan fingerprint density at radius 1 is 1.25 bits per heavy atom. The molecule has 110 valence electrons. The van der Waals surface area contributed by atoms with Crippen LogP contribution in [0.2, 0.25) is 0 Å². The van der Waals surface area contributed by atoms with Crippen LogP contribution < -0.4 is 5.32 Å². The van der Waals surface area contributed by atoms with Crippen molar-refractivity contribution in [2.24, 2.45) is 5.92 Å². The van der Waals surface area contributed by atoms with E-state index in [0.717, 1.165) is 32.0 Å². The number of hydrogen-bond donors (Lipinski definition) is 1. The van der Waals surface area contributed by atoms with Crippen LogP contribution in [0.15, 0.2) is 18.2 Å². The van der Waals surface area contributed by atoms with Crippen LogP contribution in [0, 0.1) is 11.7 Å². The number of halogens is 4. The van der Waals surface area contributed by atoms with Crippen LogP contribution in [0.4, 0.5) is 17.6 Å². The van der Waals surface area contributed by atoms with Gasteiger partial charge in [-0.1, -0.05) is 6.07 Å². The largest absolute Gasteiger partial charge is 0.419 e. The van der Waals surface area contributed by atoms with Crippen molar-refractivity contribution in [2.75, 3.05) is 13.1 Å². The van der Waals surface area contributed by atoms with E-state index in [1.807, 2.05) is 0 Å². The Morgan fingerprint density at radius 3 is 2.45 bits per heavy atom. The maximum atomic E-state index is 13.4. The summed E-state index contributed by atoms with van der Waals surface area (Å²) in [5.74, 6) is -1.48. The lowest BCUT2D eigenvalue weighted by molar-refractivity contribution is -0.140. The predicted octanol–water partition coefficient (Wildman–Crippen LogP) is 3.42. The molecule has 1 aromatic rings. The number of alkyl halides is 3. The first kappa shape index (κ1) is 15.0. The third-order valence-corrected chi connectivity index (χ3v) is 3.53. The van der Waals surface area contributed by atoms with Gasteiger partial charge in [-0.25, -0.2) is 4.39 Å². The second-order valence-electron chi connectivity index (χ2n) is 5.01. The Bertz CT molecular complexity index is 492. The molecule has 0 saturated carbocycles. The van der Waals surface area contributed by atoms with Gasteiger partial charge in [-0.3, -0.25) is 4.79 Å². The highest BCUT2D eigenvalue weighted by molar-refractivity contribution is 5.96. The van der Waals surface area contributed by atoms with Crippen LogP contribution >= 0.6 is 0 Å². The summed E-state index contributed by atoms with van der Waals surface area (Å²) in [7, 11) is 0. The lowest BCUT2D eigenvalue weighted by atomic mass is 9.90. The highest BCUT2D eigenvalue weighted by Gasteiger charge is 2.34. The standard InChI is InChI=1S/C14H15F4NO/c15-12-8-10(1-2-11(12)14(16,17)18)13(20)7-9-3-5-19-6-4-9/h1-2,8-9,19H,3-7H2. The van der Waals surface area contributed by atoms with Gasteiger partial charge in [-0.2, -0.15) is 13.2 Å². The van der Waals surface area contributed by atoms with Crippen molar-refractivity contribution in [3.8, 4) is 0 Å². The first-order chi connectivity index (χ1) is 9.38. The van der Waals surface area contributed by atoms with Crippen molar-refractivity contribution in [1.82, 2.24) is 5.32 Å².